The lowest BCUT2D eigenvalue weighted by molar-refractivity contribution is 0.0651. The summed E-state index contributed by atoms with van der Waals surface area (Å²) in [5.74, 6) is 0.532. The molecule has 2 amide bonds. The number of hydrogen-bond donors (Lipinski definition) is 0. The van der Waals surface area contributed by atoms with Crippen LogP contribution in [0, 0.1) is 0 Å². The van der Waals surface area contributed by atoms with Gasteiger partial charge in [0.05, 0.1) is 11.1 Å². The van der Waals surface area contributed by atoms with Gasteiger partial charge < -0.3 is 9.42 Å². The monoisotopic (exact) mass is 376 g/mol. The molecule has 1 aliphatic rings. The minimum Gasteiger partial charge on any atom is -0.378 e. The Morgan fingerprint density at radius 2 is 1.61 bits per heavy atom. The van der Waals surface area contributed by atoms with E-state index in [0.717, 1.165) is 11.3 Å². The summed E-state index contributed by atoms with van der Waals surface area (Å²) >= 11 is 0. The summed E-state index contributed by atoms with van der Waals surface area (Å²) in [6.07, 6.45) is 1.06. The van der Waals surface area contributed by atoms with Crippen LogP contribution in [0.4, 0.5) is 5.69 Å². The lowest BCUT2D eigenvalue weighted by Crippen LogP contribution is -2.30. The molecule has 2 aromatic carbocycles. The summed E-state index contributed by atoms with van der Waals surface area (Å²) in [6.45, 7) is 0.321. The van der Waals surface area contributed by atoms with Crippen molar-refractivity contribution in [1.29, 1.82) is 0 Å². The van der Waals surface area contributed by atoms with Crippen LogP contribution in [-0.2, 0) is 6.42 Å². The number of imide groups is 1. The SMILES string of the molecule is CN(C)c1ccc(-c2noc(CCCN3C(=O)c4ccccc4C3=O)n2)cc1. The fourth-order valence-corrected chi connectivity index (χ4v) is 3.21. The van der Waals surface area contributed by atoms with E-state index >= 15 is 0 Å². The van der Waals surface area contributed by atoms with Crippen molar-refractivity contribution in [2.45, 2.75) is 12.8 Å². The molecule has 1 aromatic heterocycles. The Labute approximate surface area is 162 Å². The fraction of sp³-hybridized carbons (Fsp3) is 0.238. The van der Waals surface area contributed by atoms with E-state index in [9.17, 15) is 9.59 Å². The van der Waals surface area contributed by atoms with Crippen LogP contribution in [0.5, 0.6) is 0 Å². The van der Waals surface area contributed by atoms with E-state index in [-0.39, 0.29) is 11.8 Å². The first kappa shape index (κ1) is 17.9. The highest BCUT2D eigenvalue weighted by Crippen LogP contribution is 2.23. The molecular formula is C21H20N4O3. The quantitative estimate of drug-likeness (QED) is 0.615. The van der Waals surface area contributed by atoms with Crippen LogP contribution < -0.4 is 4.90 Å². The number of aryl methyl sites for hydroxylation is 1. The van der Waals surface area contributed by atoms with Gasteiger partial charge in [-0.3, -0.25) is 14.5 Å². The molecule has 0 aliphatic carbocycles. The van der Waals surface area contributed by atoms with Crippen LogP contribution in [0.15, 0.2) is 53.1 Å². The molecule has 1 aliphatic heterocycles. The average molecular weight is 376 g/mol. The Balaban J connectivity index is 1.37. The molecule has 0 atom stereocenters. The van der Waals surface area contributed by atoms with Crippen LogP contribution >= 0.6 is 0 Å². The molecule has 0 N–H and O–H groups in total. The van der Waals surface area contributed by atoms with Crippen molar-refractivity contribution in [1.82, 2.24) is 15.0 Å². The number of amides is 2. The number of hydrogen-bond acceptors (Lipinski definition) is 6. The normalized spacial score (nSPS) is 13.1. The third-order valence-corrected chi connectivity index (χ3v) is 4.76. The number of nitrogens with zero attached hydrogens (tertiary/aromatic N) is 4. The van der Waals surface area contributed by atoms with Gasteiger partial charge in [-0.25, -0.2) is 0 Å². The van der Waals surface area contributed by atoms with Gasteiger partial charge in [-0.15, -0.1) is 0 Å². The fourth-order valence-electron chi connectivity index (χ4n) is 3.21. The summed E-state index contributed by atoms with van der Waals surface area (Å²) in [7, 11) is 3.96. The topological polar surface area (TPSA) is 79.5 Å². The Morgan fingerprint density at radius 1 is 0.964 bits per heavy atom. The maximum Gasteiger partial charge on any atom is 0.261 e. The van der Waals surface area contributed by atoms with Crippen LogP contribution in [0.2, 0.25) is 0 Å². The second-order valence-corrected chi connectivity index (χ2v) is 6.86. The van der Waals surface area contributed by atoms with Crippen LogP contribution in [0.1, 0.15) is 33.0 Å². The maximum atomic E-state index is 12.4. The minimum atomic E-state index is -0.243. The van der Waals surface area contributed by atoms with Gasteiger partial charge >= 0.3 is 0 Å². The van der Waals surface area contributed by atoms with E-state index in [2.05, 4.69) is 10.1 Å². The van der Waals surface area contributed by atoms with Gasteiger partial charge in [0.1, 0.15) is 0 Å². The van der Waals surface area contributed by atoms with Gasteiger partial charge in [-0.05, 0) is 42.8 Å². The second-order valence-electron chi connectivity index (χ2n) is 6.86. The third-order valence-electron chi connectivity index (χ3n) is 4.76. The molecule has 0 spiro atoms. The molecular weight excluding hydrogens is 356 g/mol. The van der Waals surface area contributed by atoms with Crippen molar-refractivity contribution in [3.05, 3.63) is 65.5 Å². The molecule has 3 aromatic rings. The highest BCUT2D eigenvalue weighted by atomic mass is 16.5. The maximum absolute atomic E-state index is 12.4. The lowest BCUT2D eigenvalue weighted by atomic mass is 10.1. The van der Waals surface area contributed by atoms with Crippen LogP contribution in [0.25, 0.3) is 11.4 Å². The van der Waals surface area contributed by atoms with E-state index in [4.69, 9.17) is 4.52 Å². The Bertz CT molecular complexity index is 989. The number of carbonyl (C=O) groups is 2. The summed E-state index contributed by atoms with van der Waals surface area (Å²) in [5.41, 5.74) is 2.90. The first-order valence-corrected chi connectivity index (χ1v) is 9.10. The number of aromatic nitrogens is 2. The number of fused-ring (bicyclic) bond motifs is 1. The van der Waals surface area contributed by atoms with Crippen molar-refractivity contribution < 1.29 is 14.1 Å². The van der Waals surface area contributed by atoms with Gasteiger partial charge in [0.2, 0.25) is 11.7 Å². The largest absolute Gasteiger partial charge is 0.378 e. The highest BCUT2D eigenvalue weighted by Gasteiger charge is 2.34. The highest BCUT2D eigenvalue weighted by molar-refractivity contribution is 6.21. The van der Waals surface area contributed by atoms with Gasteiger partial charge in [-0.1, -0.05) is 17.3 Å². The number of benzene rings is 2. The summed E-state index contributed by atoms with van der Waals surface area (Å²) < 4.78 is 5.32. The molecule has 0 fully saturated rings. The first-order valence-electron chi connectivity index (χ1n) is 9.10. The molecule has 0 saturated carbocycles. The smallest absolute Gasteiger partial charge is 0.261 e. The molecule has 142 valence electrons. The number of rotatable bonds is 6. The number of anilines is 1. The lowest BCUT2D eigenvalue weighted by Gasteiger charge is -2.12. The van der Waals surface area contributed by atoms with Crippen molar-refractivity contribution in [2.24, 2.45) is 0 Å². The van der Waals surface area contributed by atoms with Gasteiger partial charge in [0, 0.05) is 38.3 Å². The zero-order chi connectivity index (χ0) is 19.7. The zero-order valence-electron chi connectivity index (χ0n) is 15.8. The van der Waals surface area contributed by atoms with Gasteiger partial charge in [-0.2, -0.15) is 4.98 Å². The van der Waals surface area contributed by atoms with E-state index < -0.39 is 0 Å². The van der Waals surface area contributed by atoms with E-state index in [1.807, 2.05) is 43.3 Å². The van der Waals surface area contributed by atoms with E-state index in [1.165, 1.54) is 4.90 Å². The molecule has 2 heterocycles. The van der Waals surface area contributed by atoms with Gasteiger partial charge in [0.15, 0.2) is 0 Å². The molecule has 28 heavy (non-hydrogen) atoms. The minimum absolute atomic E-state index is 0.243. The van der Waals surface area contributed by atoms with Crippen LogP contribution in [0.3, 0.4) is 0 Å². The molecule has 7 nitrogen and oxygen atoms in total. The predicted octanol–water partition coefficient (Wildman–Crippen LogP) is 3.03. The molecule has 0 bridgehead atoms. The van der Waals surface area contributed by atoms with Crippen molar-refractivity contribution in [2.75, 3.05) is 25.5 Å². The summed E-state index contributed by atoms with van der Waals surface area (Å²) in [4.78, 5) is 32.4. The third kappa shape index (κ3) is 3.26. The first-order chi connectivity index (χ1) is 13.5. The second kappa shape index (κ2) is 7.26. The molecule has 0 saturated heterocycles. The number of carbonyl (C=O) groups excluding carboxylic acids is 2. The average Bonchev–Trinajstić information content (AvgIpc) is 3.27. The molecule has 4 rings (SSSR count). The zero-order valence-corrected chi connectivity index (χ0v) is 15.8. The summed E-state index contributed by atoms with van der Waals surface area (Å²) in [6, 6.07) is 14.8. The standard InChI is InChI=1S/C21H20N4O3/c1-24(2)15-11-9-14(10-12-15)19-22-18(28-23-19)8-5-13-25-20(26)16-6-3-4-7-17(16)21(25)27/h3-4,6-7,9-12H,5,8,13H2,1-2H3. The Hall–Kier alpha value is -3.48. The van der Waals surface area contributed by atoms with Crippen molar-refractivity contribution in [3.63, 3.8) is 0 Å². The molecule has 0 radical (unpaired) electrons. The Morgan fingerprint density at radius 3 is 2.21 bits per heavy atom. The summed E-state index contributed by atoms with van der Waals surface area (Å²) in [5, 5.41) is 4.03. The van der Waals surface area contributed by atoms with Crippen LogP contribution in [-0.4, -0.2) is 47.5 Å². The van der Waals surface area contributed by atoms with E-state index in [1.54, 1.807) is 24.3 Å². The van der Waals surface area contributed by atoms with Gasteiger partial charge in [0.25, 0.3) is 11.8 Å². The van der Waals surface area contributed by atoms with E-state index in [0.29, 0.717) is 42.2 Å². The predicted molar refractivity (Wildman–Crippen MR) is 104 cm³/mol. The van der Waals surface area contributed by atoms with Crippen molar-refractivity contribution >= 4 is 17.5 Å². The van der Waals surface area contributed by atoms with Crippen molar-refractivity contribution in [3.8, 4) is 11.4 Å². The Kier molecular flexibility index (Phi) is 4.65. The molecule has 0 unspecified atom stereocenters. The molecule has 7 heteroatoms.